The SMILES string of the molecule is CCC1=CC=C(NC(C)=O)C(C)C1. The lowest BCUT2D eigenvalue weighted by molar-refractivity contribution is -0.118. The summed E-state index contributed by atoms with van der Waals surface area (Å²) in [4.78, 5) is 10.8. The standard InChI is InChI=1S/C11H17NO/c1-4-10-5-6-11(8(2)7-10)12-9(3)13/h5-6,8H,4,7H2,1-3H3,(H,12,13). The van der Waals surface area contributed by atoms with Crippen LogP contribution in [0.4, 0.5) is 0 Å². The molecule has 0 aromatic rings. The second-order valence-electron chi connectivity index (χ2n) is 3.59. The number of amides is 1. The van der Waals surface area contributed by atoms with E-state index < -0.39 is 0 Å². The second kappa shape index (κ2) is 4.26. The summed E-state index contributed by atoms with van der Waals surface area (Å²) in [6.45, 7) is 5.85. The summed E-state index contributed by atoms with van der Waals surface area (Å²) >= 11 is 0. The number of carbonyl (C=O) groups is 1. The van der Waals surface area contributed by atoms with Crippen LogP contribution in [0.5, 0.6) is 0 Å². The maximum absolute atomic E-state index is 10.8. The fraction of sp³-hybridized carbons (Fsp3) is 0.545. The lowest BCUT2D eigenvalue weighted by Crippen LogP contribution is -2.24. The number of hydrogen-bond donors (Lipinski definition) is 1. The summed E-state index contributed by atoms with van der Waals surface area (Å²) in [7, 11) is 0. The minimum Gasteiger partial charge on any atom is -0.330 e. The van der Waals surface area contributed by atoms with Crippen molar-refractivity contribution < 1.29 is 4.79 Å². The molecule has 13 heavy (non-hydrogen) atoms. The highest BCUT2D eigenvalue weighted by molar-refractivity contribution is 5.75. The van der Waals surface area contributed by atoms with Crippen LogP contribution in [0.25, 0.3) is 0 Å². The van der Waals surface area contributed by atoms with Gasteiger partial charge in [0.15, 0.2) is 0 Å². The molecule has 0 aromatic carbocycles. The van der Waals surface area contributed by atoms with Gasteiger partial charge in [-0.05, 0) is 24.8 Å². The normalized spacial score (nSPS) is 21.9. The molecule has 1 amide bonds. The average molecular weight is 179 g/mol. The van der Waals surface area contributed by atoms with Gasteiger partial charge in [-0.2, -0.15) is 0 Å². The molecule has 0 aliphatic heterocycles. The van der Waals surface area contributed by atoms with Gasteiger partial charge >= 0.3 is 0 Å². The summed E-state index contributed by atoms with van der Waals surface area (Å²) in [6.07, 6.45) is 6.32. The first-order chi connectivity index (χ1) is 6.13. The third-order valence-electron chi connectivity index (χ3n) is 2.37. The van der Waals surface area contributed by atoms with E-state index in [1.54, 1.807) is 6.92 Å². The highest BCUT2D eigenvalue weighted by Gasteiger charge is 2.14. The Bertz CT molecular complexity index is 263. The van der Waals surface area contributed by atoms with Crippen LogP contribution in [-0.4, -0.2) is 5.91 Å². The zero-order chi connectivity index (χ0) is 9.84. The van der Waals surface area contributed by atoms with Crippen molar-refractivity contribution in [3.8, 4) is 0 Å². The van der Waals surface area contributed by atoms with E-state index in [1.165, 1.54) is 5.57 Å². The monoisotopic (exact) mass is 179 g/mol. The van der Waals surface area contributed by atoms with Crippen molar-refractivity contribution in [1.29, 1.82) is 0 Å². The summed E-state index contributed by atoms with van der Waals surface area (Å²) in [5.41, 5.74) is 2.51. The predicted molar refractivity (Wildman–Crippen MR) is 54.1 cm³/mol. The minimum absolute atomic E-state index is 0.0199. The van der Waals surface area contributed by atoms with Gasteiger partial charge in [-0.3, -0.25) is 4.79 Å². The van der Waals surface area contributed by atoms with Gasteiger partial charge in [0, 0.05) is 12.6 Å². The van der Waals surface area contributed by atoms with Gasteiger partial charge in [-0.15, -0.1) is 0 Å². The molecular weight excluding hydrogens is 162 g/mol. The highest BCUT2D eigenvalue weighted by Crippen LogP contribution is 2.24. The number of nitrogens with one attached hydrogen (secondary N) is 1. The van der Waals surface area contributed by atoms with Crippen LogP contribution in [0.3, 0.4) is 0 Å². The first-order valence-corrected chi connectivity index (χ1v) is 4.80. The van der Waals surface area contributed by atoms with Gasteiger partial charge in [0.25, 0.3) is 0 Å². The molecule has 0 saturated heterocycles. The Balaban J connectivity index is 2.69. The average Bonchev–Trinajstić information content (AvgIpc) is 2.08. The van der Waals surface area contributed by atoms with Crippen molar-refractivity contribution in [3.05, 3.63) is 23.4 Å². The lowest BCUT2D eigenvalue weighted by atomic mass is 9.91. The smallest absolute Gasteiger partial charge is 0.221 e. The number of carbonyl (C=O) groups excluding carboxylic acids is 1. The van der Waals surface area contributed by atoms with Gasteiger partial charge < -0.3 is 5.32 Å². The van der Waals surface area contributed by atoms with Crippen LogP contribution >= 0.6 is 0 Å². The Morgan fingerprint density at radius 2 is 2.31 bits per heavy atom. The molecule has 0 fully saturated rings. The number of allylic oxidation sites excluding steroid dienone is 4. The molecule has 1 atom stereocenters. The Labute approximate surface area is 79.7 Å². The van der Waals surface area contributed by atoms with Crippen molar-refractivity contribution in [2.75, 3.05) is 0 Å². The maximum Gasteiger partial charge on any atom is 0.221 e. The van der Waals surface area contributed by atoms with Crippen molar-refractivity contribution in [1.82, 2.24) is 5.32 Å². The molecule has 1 aliphatic rings. The van der Waals surface area contributed by atoms with E-state index in [9.17, 15) is 4.79 Å². The van der Waals surface area contributed by atoms with Crippen LogP contribution in [0.15, 0.2) is 23.4 Å². The first kappa shape index (κ1) is 10.0. The van der Waals surface area contributed by atoms with Gasteiger partial charge in [0.2, 0.25) is 5.91 Å². The zero-order valence-corrected chi connectivity index (χ0v) is 8.55. The van der Waals surface area contributed by atoms with Crippen molar-refractivity contribution in [3.63, 3.8) is 0 Å². The molecule has 1 N–H and O–H groups in total. The van der Waals surface area contributed by atoms with Crippen LogP contribution in [0.1, 0.15) is 33.6 Å². The van der Waals surface area contributed by atoms with E-state index in [0.29, 0.717) is 5.92 Å². The Morgan fingerprint density at radius 3 is 2.77 bits per heavy atom. The lowest BCUT2D eigenvalue weighted by Gasteiger charge is -2.21. The molecule has 2 heteroatoms. The number of rotatable bonds is 2. The molecule has 0 saturated carbocycles. The van der Waals surface area contributed by atoms with Crippen molar-refractivity contribution in [2.24, 2.45) is 5.92 Å². The maximum atomic E-state index is 10.8. The van der Waals surface area contributed by atoms with Gasteiger partial charge in [-0.25, -0.2) is 0 Å². The topological polar surface area (TPSA) is 29.1 Å². The van der Waals surface area contributed by atoms with E-state index in [2.05, 4.69) is 25.2 Å². The molecule has 1 unspecified atom stereocenters. The van der Waals surface area contributed by atoms with Gasteiger partial charge in [0.05, 0.1) is 0 Å². The van der Waals surface area contributed by atoms with E-state index >= 15 is 0 Å². The van der Waals surface area contributed by atoms with Gasteiger partial charge in [-0.1, -0.05) is 25.5 Å². The largest absolute Gasteiger partial charge is 0.330 e. The van der Waals surface area contributed by atoms with Crippen LogP contribution < -0.4 is 5.32 Å². The van der Waals surface area contributed by atoms with Crippen LogP contribution in [-0.2, 0) is 4.79 Å². The summed E-state index contributed by atoms with van der Waals surface area (Å²) < 4.78 is 0. The third kappa shape index (κ3) is 2.72. The molecule has 1 aliphatic carbocycles. The molecule has 72 valence electrons. The molecule has 0 heterocycles. The summed E-state index contributed by atoms with van der Waals surface area (Å²) in [6, 6.07) is 0. The summed E-state index contributed by atoms with van der Waals surface area (Å²) in [5.74, 6) is 0.468. The van der Waals surface area contributed by atoms with E-state index in [4.69, 9.17) is 0 Å². The summed E-state index contributed by atoms with van der Waals surface area (Å²) in [5, 5.41) is 2.85. The Hall–Kier alpha value is -1.05. The van der Waals surface area contributed by atoms with E-state index in [1.807, 2.05) is 6.08 Å². The fourth-order valence-corrected chi connectivity index (χ4v) is 1.57. The number of hydrogen-bond acceptors (Lipinski definition) is 1. The highest BCUT2D eigenvalue weighted by atomic mass is 16.1. The van der Waals surface area contributed by atoms with E-state index in [0.717, 1.165) is 18.5 Å². The quantitative estimate of drug-likeness (QED) is 0.692. The molecule has 1 rings (SSSR count). The molecule has 0 radical (unpaired) electrons. The molecule has 0 spiro atoms. The van der Waals surface area contributed by atoms with Crippen LogP contribution in [0, 0.1) is 5.92 Å². The zero-order valence-electron chi connectivity index (χ0n) is 8.55. The second-order valence-corrected chi connectivity index (χ2v) is 3.59. The van der Waals surface area contributed by atoms with E-state index in [-0.39, 0.29) is 5.91 Å². The first-order valence-electron chi connectivity index (χ1n) is 4.80. The Kier molecular flexibility index (Phi) is 3.29. The molecular formula is C11H17NO. The fourth-order valence-electron chi connectivity index (χ4n) is 1.57. The van der Waals surface area contributed by atoms with Crippen LogP contribution in [0.2, 0.25) is 0 Å². The van der Waals surface area contributed by atoms with Gasteiger partial charge in [0.1, 0.15) is 0 Å². The third-order valence-corrected chi connectivity index (χ3v) is 2.37. The van der Waals surface area contributed by atoms with Crippen molar-refractivity contribution in [2.45, 2.75) is 33.6 Å². The predicted octanol–water partition coefficient (Wildman–Crippen LogP) is 2.38. The molecule has 0 aromatic heterocycles. The molecule has 2 nitrogen and oxygen atoms in total. The minimum atomic E-state index is 0.0199. The molecule has 0 bridgehead atoms. The van der Waals surface area contributed by atoms with Crippen molar-refractivity contribution >= 4 is 5.91 Å². The Morgan fingerprint density at radius 1 is 1.62 bits per heavy atom.